The standard InChI is InChI=1S/C19H21NO5/c1-14-7-9-15(10-8-14)19(22)25-13-18(21)20-11-12-24-17-6-4-3-5-16(17)23-2/h3-10H,11-13H2,1-2H3,(H,20,21). The van der Waals surface area contributed by atoms with Crippen LogP contribution in [0.1, 0.15) is 15.9 Å². The molecule has 0 spiro atoms. The highest BCUT2D eigenvalue weighted by Crippen LogP contribution is 2.25. The molecule has 0 saturated heterocycles. The normalized spacial score (nSPS) is 10.0. The van der Waals surface area contributed by atoms with Crippen LogP contribution in [0.25, 0.3) is 0 Å². The minimum Gasteiger partial charge on any atom is -0.493 e. The van der Waals surface area contributed by atoms with Gasteiger partial charge in [0.2, 0.25) is 0 Å². The number of nitrogens with one attached hydrogen (secondary N) is 1. The number of benzene rings is 2. The Balaban J connectivity index is 1.67. The summed E-state index contributed by atoms with van der Waals surface area (Å²) in [6.45, 7) is 2.16. The van der Waals surface area contributed by atoms with Gasteiger partial charge in [0.1, 0.15) is 6.61 Å². The summed E-state index contributed by atoms with van der Waals surface area (Å²) in [5.74, 6) is 0.315. The zero-order chi connectivity index (χ0) is 18.1. The average molecular weight is 343 g/mol. The van der Waals surface area contributed by atoms with E-state index in [1.807, 2.05) is 31.2 Å². The second-order valence-electron chi connectivity index (χ2n) is 5.29. The summed E-state index contributed by atoms with van der Waals surface area (Å²) in [7, 11) is 1.56. The van der Waals surface area contributed by atoms with Crippen molar-refractivity contribution < 1.29 is 23.8 Å². The number of carbonyl (C=O) groups excluding carboxylic acids is 2. The molecule has 0 radical (unpaired) electrons. The maximum absolute atomic E-state index is 11.8. The van der Waals surface area contributed by atoms with E-state index in [-0.39, 0.29) is 19.1 Å². The molecule has 0 saturated carbocycles. The van der Waals surface area contributed by atoms with E-state index >= 15 is 0 Å². The fourth-order valence-electron chi connectivity index (χ4n) is 2.04. The number of methoxy groups -OCH3 is 1. The number of rotatable bonds is 8. The molecule has 0 unspecified atom stereocenters. The van der Waals surface area contributed by atoms with E-state index in [2.05, 4.69) is 5.32 Å². The summed E-state index contributed by atoms with van der Waals surface area (Å²) in [5.41, 5.74) is 1.46. The molecule has 6 heteroatoms. The molecule has 0 aromatic heterocycles. The molecule has 0 aliphatic heterocycles. The van der Waals surface area contributed by atoms with Gasteiger partial charge in [-0.25, -0.2) is 4.79 Å². The molecule has 1 amide bonds. The van der Waals surface area contributed by atoms with E-state index in [1.54, 1.807) is 31.4 Å². The van der Waals surface area contributed by atoms with E-state index in [4.69, 9.17) is 14.2 Å². The maximum Gasteiger partial charge on any atom is 0.338 e. The number of hydrogen-bond acceptors (Lipinski definition) is 5. The third kappa shape index (κ3) is 5.84. The molecule has 0 aliphatic carbocycles. The Morgan fingerprint density at radius 3 is 2.36 bits per heavy atom. The third-order valence-electron chi connectivity index (χ3n) is 3.37. The number of ether oxygens (including phenoxy) is 3. The molecule has 2 rings (SSSR count). The van der Waals surface area contributed by atoms with Crippen LogP contribution in [-0.2, 0) is 9.53 Å². The summed E-state index contributed by atoms with van der Waals surface area (Å²) in [6, 6.07) is 14.2. The van der Waals surface area contributed by atoms with Gasteiger partial charge in [0, 0.05) is 0 Å². The van der Waals surface area contributed by atoms with Gasteiger partial charge in [0.05, 0.1) is 19.2 Å². The van der Waals surface area contributed by atoms with Crippen molar-refractivity contribution in [3.63, 3.8) is 0 Å². The van der Waals surface area contributed by atoms with Gasteiger partial charge in [-0.2, -0.15) is 0 Å². The van der Waals surface area contributed by atoms with E-state index in [0.29, 0.717) is 23.6 Å². The first-order valence-corrected chi connectivity index (χ1v) is 7.86. The lowest BCUT2D eigenvalue weighted by atomic mass is 10.1. The number of para-hydroxylation sites is 2. The molecule has 0 bridgehead atoms. The number of esters is 1. The number of hydrogen-bond donors (Lipinski definition) is 1. The van der Waals surface area contributed by atoms with Crippen LogP contribution in [0.2, 0.25) is 0 Å². The van der Waals surface area contributed by atoms with Crippen molar-refractivity contribution in [1.29, 1.82) is 0 Å². The van der Waals surface area contributed by atoms with Crippen LogP contribution in [0.5, 0.6) is 11.5 Å². The average Bonchev–Trinajstić information content (AvgIpc) is 2.64. The van der Waals surface area contributed by atoms with Gasteiger partial charge in [-0.1, -0.05) is 29.8 Å². The quantitative estimate of drug-likeness (QED) is 0.588. The molecule has 0 aliphatic rings. The van der Waals surface area contributed by atoms with E-state index in [0.717, 1.165) is 5.56 Å². The first-order chi connectivity index (χ1) is 12.1. The first-order valence-electron chi connectivity index (χ1n) is 7.86. The molecule has 0 fully saturated rings. The van der Waals surface area contributed by atoms with E-state index < -0.39 is 5.97 Å². The fraction of sp³-hybridized carbons (Fsp3) is 0.263. The largest absolute Gasteiger partial charge is 0.493 e. The Labute approximate surface area is 146 Å². The molecule has 2 aromatic carbocycles. The highest BCUT2D eigenvalue weighted by molar-refractivity contribution is 5.91. The van der Waals surface area contributed by atoms with Crippen LogP contribution < -0.4 is 14.8 Å². The van der Waals surface area contributed by atoms with Gasteiger partial charge >= 0.3 is 5.97 Å². The second kappa shape index (κ2) is 9.32. The Kier molecular flexibility index (Phi) is 6.83. The van der Waals surface area contributed by atoms with Crippen molar-refractivity contribution in [2.75, 3.05) is 26.9 Å². The zero-order valence-corrected chi connectivity index (χ0v) is 14.3. The highest BCUT2D eigenvalue weighted by Gasteiger charge is 2.10. The smallest absolute Gasteiger partial charge is 0.338 e. The lowest BCUT2D eigenvalue weighted by molar-refractivity contribution is -0.124. The lowest BCUT2D eigenvalue weighted by Gasteiger charge is -2.11. The minimum absolute atomic E-state index is 0.276. The molecule has 0 heterocycles. The molecule has 6 nitrogen and oxygen atoms in total. The molecule has 132 valence electrons. The summed E-state index contributed by atoms with van der Waals surface area (Å²) in [5, 5.41) is 2.62. The monoisotopic (exact) mass is 343 g/mol. The van der Waals surface area contributed by atoms with E-state index in [9.17, 15) is 9.59 Å². The summed E-state index contributed by atoms with van der Waals surface area (Å²) >= 11 is 0. The summed E-state index contributed by atoms with van der Waals surface area (Å²) < 4.78 is 15.7. The molecular weight excluding hydrogens is 322 g/mol. The van der Waals surface area contributed by atoms with Gasteiger partial charge in [-0.05, 0) is 31.2 Å². The molecule has 2 aromatic rings. The molecular formula is C19H21NO5. The predicted octanol–water partition coefficient (Wildman–Crippen LogP) is 2.36. The molecule has 0 atom stereocenters. The van der Waals surface area contributed by atoms with Gasteiger partial charge < -0.3 is 19.5 Å². The van der Waals surface area contributed by atoms with Crippen LogP contribution in [0.3, 0.4) is 0 Å². The Bertz CT molecular complexity index is 712. The van der Waals surface area contributed by atoms with Crippen LogP contribution >= 0.6 is 0 Å². The van der Waals surface area contributed by atoms with Crippen molar-refractivity contribution in [2.24, 2.45) is 0 Å². The molecule has 1 N–H and O–H groups in total. The van der Waals surface area contributed by atoms with Crippen molar-refractivity contribution in [2.45, 2.75) is 6.92 Å². The van der Waals surface area contributed by atoms with Gasteiger partial charge in [-0.15, -0.1) is 0 Å². The molecule has 25 heavy (non-hydrogen) atoms. The van der Waals surface area contributed by atoms with Crippen molar-refractivity contribution in [3.8, 4) is 11.5 Å². The minimum atomic E-state index is -0.527. The SMILES string of the molecule is COc1ccccc1OCCNC(=O)COC(=O)c1ccc(C)cc1. The van der Waals surface area contributed by atoms with Gasteiger partial charge in [0.15, 0.2) is 18.1 Å². The maximum atomic E-state index is 11.8. The Morgan fingerprint density at radius 1 is 1.00 bits per heavy atom. The van der Waals surface area contributed by atoms with Gasteiger partial charge in [0.25, 0.3) is 5.91 Å². The van der Waals surface area contributed by atoms with E-state index in [1.165, 1.54) is 0 Å². The second-order valence-corrected chi connectivity index (χ2v) is 5.29. The number of carbonyl (C=O) groups is 2. The Hall–Kier alpha value is -3.02. The van der Waals surface area contributed by atoms with Crippen LogP contribution in [0, 0.1) is 6.92 Å². The number of aryl methyl sites for hydroxylation is 1. The summed E-state index contributed by atoms with van der Waals surface area (Å²) in [4.78, 5) is 23.5. The topological polar surface area (TPSA) is 73.9 Å². The lowest BCUT2D eigenvalue weighted by Crippen LogP contribution is -2.32. The third-order valence-corrected chi connectivity index (χ3v) is 3.37. The summed E-state index contributed by atoms with van der Waals surface area (Å²) in [6.07, 6.45) is 0. The highest BCUT2D eigenvalue weighted by atomic mass is 16.5. The van der Waals surface area contributed by atoms with Crippen LogP contribution in [0.4, 0.5) is 0 Å². The fourth-order valence-corrected chi connectivity index (χ4v) is 2.04. The number of amides is 1. The first kappa shape index (κ1) is 18.3. The Morgan fingerprint density at radius 2 is 1.68 bits per heavy atom. The van der Waals surface area contributed by atoms with Crippen molar-refractivity contribution in [1.82, 2.24) is 5.32 Å². The van der Waals surface area contributed by atoms with Crippen LogP contribution in [0.15, 0.2) is 48.5 Å². The van der Waals surface area contributed by atoms with Gasteiger partial charge in [-0.3, -0.25) is 4.79 Å². The predicted molar refractivity (Wildman–Crippen MR) is 93.0 cm³/mol. The van der Waals surface area contributed by atoms with Crippen molar-refractivity contribution >= 4 is 11.9 Å². The van der Waals surface area contributed by atoms with Crippen molar-refractivity contribution in [3.05, 3.63) is 59.7 Å². The van der Waals surface area contributed by atoms with Crippen LogP contribution in [-0.4, -0.2) is 38.7 Å². The zero-order valence-electron chi connectivity index (χ0n) is 14.3.